The Labute approximate surface area is 287 Å². The minimum Gasteiger partial charge on any atom is -0.373 e. The summed E-state index contributed by atoms with van der Waals surface area (Å²) in [5, 5.41) is 3.94. The Morgan fingerprint density at radius 3 is 2.02 bits per heavy atom. The fraction of sp³-hybridized carbons (Fsp3) is 0.476. The van der Waals surface area contributed by atoms with E-state index in [-0.39, 0.29) is 24.0 Å². The van der Waals surface area contributed by atoms with Gasteiger partial charge in [0.1, 0.15) is 12.1 Å². The van der Waals surface area contributed by atoms with E-state index in [1.165, 1.54) is 67.0 Å². The molecule has 250 valence electrons. The number of aliphatic imine (C=N–C) groups is 4. The summed E-state index contributed by atoms with van der Waals surface area (Å²) < 4.78 is 0. The third-order valence-electron chi connectivity index (χ3n) is 12.2. The van der Waals surface area contributed by atoms with Crippen LogP contribution in [-0.4, -0.2) is 46.0 Å². The van der Waals surface area contributed by atoms with E-state index in [0.717, 1.165) is 71.3 Å². The molecule has 7 rings (SSSR count). The molecule has 0 aliphatic carbocycles. The fourth-order valence-corrected chi connectivity index (χ4v) is 8.95. The average molecular weight is 641 g/mol. The van der Waals surface area contributed by atoms with Crippen molar-refractivity contribution >= 4 is 28.9 Å². The van der Waals surface area contributed by atoms with Crippen molar-refractivity contribution in [2.45, 2.75) is 127 Å². The lowest BCUT2D eigenvalue weighted by molar-refractivity contribution is 0.840. The van der Waals surface area contributed by atoms with Crippen molar-refractivity contribution in [3.8, 4) is 0 Å². The fourth-order valence-electron chi connectivity index (χ4n) is 8.95. The number of nitrogens with one attached hydrogen (secondary N) is 2. The molecule has 0 radical (unpaired) electrons. The van der Waals surface area contributed by atoms with Gasteiger partial charge in [-0.25, -0.2) is 0 Å². The predicted octanol–water partition coefficient (Wildman–Crippen LogP) is 9.43. The van der Waals surface area contributed by atoms with Gasteiger partial charge < -0.3 is 10.3 Å². The summed E-state index contributed by atoms with van der Waals surface area (Å²) in [4.78, 5) is 25.6. The van der Waals surface area contributed by atoms with Gasteiger partial charge in [0.05, 0.1) is 46.0 Å². The van der Waals surface area contributed by atoms with E-state index in [0.29, 0.717) is 0 Å². The highest BCUT2D eigenvalue weighted by Crippen LogP contribution is 2.42. The monoisotopic (exact) mass is 640 g/mol. The van der Waals surface area contributed by atoms with Crippen LogP contribution in [0.3, 0.4) is 0 Å². The van der Waals surface area contributed by atoms with Crippen LogP contribution in [0.15, 0.2) is 93.3 Å². The maximum atomic E-state index is 5.49. The van der Waals surface area contributed by atoms with E-state index in [2.05, 4.69) is 106 Å². The van der Waals surface area contributed by atoms with E-state index in [4.69, 9.17) is 20.0 Å². The van der Waals surface area contributed by atoms with Gasteiger partial charge >= 0.3 is 0 Å². The molecule has 2 N–H and O–H groups in total. The van der Waals surface area contributed by atoms with Gasteiger partial charge in [-0.2, -0.15) is 0 Å². The van der Waals surface area contributed by atoms with Gasteiger partial charge in [0.2, 0.25) is 0 Å². The summed E-state index contributed by atoms with van der Waals surface area (Å²) in [6, 6.07) is -0.0981. The molecule has 0 saturated carbocycles. The second-order valence-electron chi connectivity index (χ2n) is 14.4. The Bertz CT molecular complexity index is 2020. The maximum Gasteiger partial charge on any atom is 0.114 e. The molecule has 6 heteroatoms. The van der Waals surface area contributed by atoms with Gasteiger partial charge in [-0.3, -0.25) is 20.0 Å². The highest BCUT2D eigenvalue weighted by atomic mass is 15.0. The number of aromatic nitrogens is 1. The third-order valence-corrected chi connectivity index (χ3v) is 12.2. The highest BCUT2D eigenvalue weighted by molar-refractivity contribution is 6.18. The van der Waals surface area contributed by atoms with Crippen LogP contribution in [-0.2, 0) is 6.42 Å². The molecule has 0 aromatic carbocycles. The van der Waals surface area contributed by atoms with Crippen LogP contribution < -0.4 is 5.32 Å². The SMILES string of the molecule is CCC1=C(C)C2N=C1/C=C1\NC(C3=NC(C4=N/C(=C\c5[nH]c(c(C)c5CC)C5=NC2=C(C)C5C)C(CC)=C4C)C(C)=C3C)C(C)=C1CC. The van der Waals surface area contributed by atoms with E-state index in [1.54, 1.807) is 0 Å². The van der Waals surface area contributed by atoms with Crippen LogP contribution in [0.4, 0.5) is 0 Å². The molecule has 6 aliphatic heterocycles. The molecule has 6 aliphatic rings. The molecule has 4 atom stereocenters. The zero-order valence-corrected chi connectivity index (χ0v) is 31.1. The molecule has 1 aromatic heterocycles. The molecule has 12 bridgehead atoms. The first kappa shape index (κ1) is 32.5. The number of hydrogen-bond acceptors (Lipinski definition) is 5. The molecular weight excluding hydrogens is 589 g/mol. The zero-order valence-electron chi connectivity index (χ0n) is 31.1. The maximum absolute atomic E-state index is 5.49. The van der Waals surface area contributed by atoms with E-state index < -0.39 is 0 Å². The second-order valence-corrected chi connectivity index (χ2v) is 14.4. The molecule has 7 heterocycles. The molecule has 4 unspecified atom stereocenters. The van der Waals surface area contributed by atoms with Crippen molar-refractivity contribution in [2.24, 2.45) is 25.9 Å². The summed E-state index contributed by atoms with van der Waals surface area (Å²) in [7, 11) is 0. The van der Waals surface area contributed by atoms with Crippen molar-refractivity contribution in [1.29, 1.82) is 0 Å². The van der Waals surface area contributed by atoms with Gasteiger partial charge in [-0.05, 0) is 148 Å². The molecule has 48 heavy (non-hydrogen) atoms. The Morgan fingerprint density at radius 1 is 0.646 bits per heavy atom. The Balaban J connectivity index is 1.49. The van der Waals surface area contributed by atoms with Crippen molar-refractivity contribution in [1.82, 2.24) is 10.3 Å². The lowest BCUT2D eigenvalue weighted by Crippen LogP contribution is -2.33. The van der Waals surface area contributed by atoms with Crippen molar-refractivity contribution < 1.29 is 0 Å². The first-order valence-electron chi connectivity index (χ1n) is 18.2. The summed E-state index contributed by atoms with van der Waals surface area (Å²) in [6.07, 6.45) is 8.36. The van der Waals surface area contributed by atoms with Crippen molar-refractivity contribution in [2.75, 3.05) is 0 Å². The zero-order chi connectivity index (χ0) is 34.3. The van der Waals surface area contributed by atoms with Gasteiger partial charge in [0, 0.05) is 17.3 Å². The smallest absolute Gasteiger partial charge is 0.114 e. The van der Waals surface area contributed by atoms with Crippen LogP contribution in [0.25, 0.3) is 6.08 Å². The molecule has 0 saturated heterocycles. The Hall–Kier alpha value is -4.06. The standard InChI is InChI=1S/C42H52N6/c1-13-27-23(9)39-35-19(5)20(6)36(47-35)41-25(11)29(15-3)33(45-41)18-34-30(16-4)26(12)42(46-34)38-22(8)21(7)37(48-38)40-24(10)28(14-2)32(44-40)17-31(27)43-39/h17-19,37,41-43,46H,13-16H2,1-12H3/b32-17-,34-18-. The number of nitrogens with zero attached hydrogens (tertiary/aromatic N) is 4. The summed E-state index contributed by atoms with van der Waals surface area (Å²) in [5.41, 5.74) is 24.5. The molecule has 0 fully saturated rings. The first-order valence-corrected chi connectivity index (χ1v) is 18.2. The van der Waals surface area contributed by atoms with Crippen LogP contribution in [0.2, 0.25) is 0 Å². The van der Waals surface area contributed by atoms with Crippen LogP contribution in [0.1, 0.15) is 118 Å². The molecule has 0 spiro atoms. The van der Waals surface area contributed by atoms with Crippen LogP contribution in [0.5, 0.6) is 0 Å². The first-order chi connectivity index (χ1) is 22.9. The largest absolute Gasteiger partial charge is 0.373 e. The normalized spacial score (nSPS) is 28.9. The lowest BCUT2D eigenvalue weighted by Gasteiger charge is -2.16. The quantitative estimate of drug-likeness (QED) is 0.316. The van der Waals surface area contributed by atoms with Gasteiger partial charge in [0.15, 0.2) is 0 Å². The topological polar surface area (TPSA) is 77.3 Å². The summed E-state index contributed by atoms with van der Waals surface area (Å²) in [5.74, 6) is 0.207. The lowest BCUT2D eigenvalue weighted by atomic mass is 9.92. The number of hydrogen-bond donors (Lipinski definition) is 2. The summed E-state index contributed by atoms with van der Waals surface area (Å²) in [6.45, 7) is 27.1. The minimum atomic E-state index is -0.0734. The van der Waals surface area contributed by atoms with Crippen molar-refractivity contribution in [3.05, 3.63) is 95.8 Å². The van der Waals surface area contributed by atoms with Crippen LogP contribution >= 0.6 is 0 Å². The number of H-pyrrole nitrogens is 1. The minimum absolute atomic E-state index is 0.0388. The molecular formula is C42H52N6. The number of allylic oxidation sites excluding steroid dienone is 5. The van der Waals surface area contributed by atoms with E-state index in [1.807, 2.05) is 0 Å². The number of rotatable bonds is 4. The molecule has 1 aromatic rings. The second kappa shape index (κ2) is 11.8. The van der Waals surface area contributed by atoms with Gasteiger partial charge in [-0.15, -0.1) is 0 Å². The Morgan fingerprint density at radius 2 is 1.35 bits per heavy atom. The van der Waals surface area contributed by atoms with Crippen LogP contribution in [0, 0.1) is 12.8 Å². The number of fused-ring (bicyclic) bond motifs is 12. The highest BCUT2D eigenvalue weighted by Gasteiger charge is 2.39. The van der Waals surface area contributed by atoms with E-state index in [9.17, 15) is 0 Å². The summed E-state index contributed by atoms with van der Waals surface area (Å²) >= 11 is 0. The van der Waals surface area contributed by atoms with E-state index >= 15 is 0 Å². The third kappa shape index (κ3) is 4.58. The average Bonchev–Trinajstić information content (AvgIpc) is 3.86. The van der Waals surface area contributed by atoms with Gasteiger partial charge in [0.25, 0.3) is 0 Å². The number of aromatic amines is 1. The van der Waals surface area contributed by atoms with Gasteiger partial charge in [-0.1, -0.05) is 34.6 Å². The Kier molecular flexibility index (Phi) is 8.00. The molecule has 6 nitrogen and oxygen atoms in total. The van der Waals surface area contributed by atoms with Crippen molar-refractivity contribution in [3.63, 3.8) is 0 Å². The predicted molar refractivity (Wildman–Crippen MR) is 204 cm³/mol. The molecule has 0 amide bonds.